The Labute approximate surface area is 216 Å². The van der Waals surface area contributed by atoms with Crippen LogP contribution in [0.15, 0.2) is 128 Å². The highest BCUT2D eigenvalue weighted by Crippen LogP contribution is 2.61. The van der Waals surface area contributed by atoms with E-state index in [0.717, 1.165) is 32.3 Å². The Morgan fingerprint density at radius 3 is 2.05 bits per heavy atom. The maximum absolute atomic E-state index is 15.6. The number of aliphatic hydroxyl groups is 1. The summed E-state index contributed by atoms with van der Waals surface area (Å²) in [6.07, 6.45) is 4.07. The highest BCUT2D eigenvalue weighted by molar-refractivity contribution is 7.80. The predicted molar refractivity (Wildman–Crippen MR) is 156 cm³/mol. The fourth-order valence-electron chi connectivity index (χ4n) is 5.62. The van der Waals surface area contributed by atoms with Crippen molar-refractivity contribution in [2.24, 2.45) is 0 Å². The molecule has 0 amide bonds. The van der Waals surface area contributed by atoms with Gasteiger partial charge in [0.2, 0.25) is 0 Å². The van der Waals surface area contributed by atoms with Crippen LogP contribution in [0, 0.1) is 0 Å². The van der Waals surface area contributed by atoms with Gasteiger partial charge in [0.05, 0.1) is 0 Å². The summed E-state index contributed by atoms with van der Waals surface area (Å²) < 4.78 is 15.6. The van der Waals surface area contributed by atoms with Crippen molar-refractivity contribution in [3.63, 3.8) is 0 Å². The average Bonchev–Trinajstić information content (AvgIpc) is 2.97. The quantitative estimate of drug-likeness (QED) is 0.322. The summed E-state index contributed by atoms with van der Waals surface area (Å²) in [6, 6.07) is 39.3. The summed E-state index contributed by atoms with van der Waals surface area (Å²) in [7, 11) is -3.62. The number of hydrogen-bond donors (Lipinski definition) is 1. The highest BCUT2D eigenvalue weighted by atomic mass is 31.2. The first-order valence-corrected chi connectivity index (χ1v) is 14.2. The Kier molecular flexibility index (Phi) is 5.80. The summed E-state index contributed by atoms with van der Waals surface area (Å²) in [5.74, 6) is 0. The molecule has 0 aromatic heterocycles. The molecule has 1 atom stereocenters. The first-order chi connectivity index (χ1) is 18.1. The van der Waals surface area contributed by atoms with Gasteiger partial charge in [-0.05, 0) is 38.4 Å². The lowest BCUT2D eigenvalue weighted by atomic mass is 9.87. The molecule has 0 radical (unpaired) electrons. The van der Waals surface area contributed by atoms with Gasteiger partial charge in [0, 0.05) is 22.6 Å². The van der Waals surface area contributed by atoms with Crippen molar-refractivity contribution < 1.29 is 9.67 Å². The molecule has 0 saturated carbocycles. The predicted octanol–water partition coefficient (Wildman–Crippen LogP) is 5.57. The van der Waals surface area contributed by atoms with Crippen LogP contribution < -0.4 is 21.0 Å². The van der Waals surface area contributed by atoms with Crippen LogP contribution in [0.25, 0.3) is 28.5 Å². The molecule has 0 aliphatic heterocycles. The summed E-state index contributed by atoms with van der Waals surface area (Å²) in [5.41, 5.74) is 2.61. The molecular formula is C34H27O2P. The molecule has 3 heteroatoms. The zero-order valence-corrected chi connectivity index (χ0v) is 21.3. The first-order valence-electron chi connectivity index (χ1n) is 12.5. The molecule has 0 spiro atoms. The number of hydrogen-bond acceptors (Lipinski definition) is 2. The molecule has 0 heterocycles. The van der Waals surface area contributed by atoms with Crippen LogP contribution in [-0.4, -0.2) is 10.4 Å². The van der Waals surface area contributed by atoms with E-state index >= 15 is 4.57 Å². The van der Waals surface area contributed by atoms with Crippen LogP contribution in [0.5, 0.6) is 0 Å². The molecule has 0 fully saturated rings. The van der Waals surface area contributed by atoms with E-state index in [1.165, 1.54) is 0 Å². The van der Waals surface area contributed by atoms with Gasteiger partial charge in [0.1, 0.15) is 0 Å². The van der Waals surface area contributed by atoms with Gasteiger partial charge in [-0.25, -0.2) is 0 Å². The third-order valence-corrected chi connectivity index (χ3v) is 10.9. The third kappa shape index (κ3) is 3.64. The van der Waals surface area contributed by atoms with Crippen molar-refractivity contribution in [1.82, 2.24) is 0 Å². The minimum absolute atomic E-state index is 0.222. The molecule has 1 aliphatic rings. The largest absolute Gasteiger partial charge is 0.376 e. The van der Waals surface area contributed by atoms with Crippen molar-refractivity contribution >= 4 is 46.2 Å². The third-order valence-electron chi connectivity index (χ3n) is 7.41. The Balaban J connectivity index is 1.78. The molecule has 0 saturated heterocycles. The number of rotatable bonds is 5. The standard InChI is InChI=1S/C34H27O2P/c1-2-25-20-21-31-27(24-25)22-23-34(35,33(31)32-19-11-13-26-12-9-10-18-30(26)32)37(36,28-14-5-3-6-15-28)29-16-7-4-8-17-29/h2-22,24,35H,1,23H2/t34-/m1/s1. The van der Waals surface area contributed by atoms with Gasteiger partial charge in [0.15, 0.2) is 12.5 Å². The Hall–Kier alpha value is -3.97. The molecule has 5 aromatic carbocycles. The van der Waals surface area contributed by atoms with Crippen LogP contribution in [0.3, 0.4) is 0 Å². The van der Waals surface area contributed by atoms with Crippen molar-refractivity contribution in [3.8, 4) is 0 Å². The molecule has 5 aromatic rings. The average molecular weight is 499 g/mol. The number of benzene rings is 5. The van der Waals surface area contributed by atoms with Crippen molar-refractivity contribution in [3.05, 3.63) is 149 Å². The topological polar surface area (TPSA) is 37.3 Å². The van der Waals surface area contributed by atoms with E-state index in [1.54, 1.807) is 0 Å². The zero-order valence-electron chi connectivity index (χ0n) is 20.4. The van der Waals surface area contributed by atoms with Crippen LogP contribution in [-0.2, 0) is 4.57 Å². The molecule has 0 bridgehead atoms. The van der Waals surface area contributed by atoms with Crippen LogP contribution >= 0.6 is 7.14 Å². The zero-order chi connectivity index (χ0) is 25.5. The fraction of sp³-hybridized carbons (Fsp3) is 0.0588. The minimum atomic E-state index is -3.62. The molecule has 37 heavy (non-hydrogen) atoms. The van der Waals surface area contributed by atoms with Gasteiger partial charge in [-0.2, -0.15) is 0 Å². The van der Waals surface area contributed by atoms with Crippen molar-refractivity contribution in [2.45, 2.75) is 11.8 Å². The van der Waals surface area contributed by atoms with Crippen LogP contribution in [0.2, 0.25) is 0 Å². The molecule has 0 unspecified atom stereocenters. The number of fused-ring (bicyclic) bond motifs is 2. The lowest BCUT2D eigenvalue weighted by molar-refractivity contribution is 0.190. The second kappa shape index (κ2) is 9.16. The lowest BCUT2D eigenvalue weighted by Gasteiger charge is -2.40. The van der Waals surface area contributed by atoms with Gasteiger partial charge in [-0.1, -0.05) is 134 Å². The molecule has 2 nitrogen and oxygen atoms in total. The van der Waals surface area contributed by atoms with Crippen LogP contribution in [0.1, 0.15) is 17.5 Å². The minimum Gasteiger partial charge on any atom is -0.376 e. The summed E-state index contributed by atoms with van der Waals surface area (Å²) >= 11 is 0. The fourth-order valence-corrected chi connectivity index (χ4v) is 8.86. The van der Waals surface area contributed by atoms with Gasteiger partial charge in [0.25, 0.3) is 0 Å². The van der Waals surface area contributed by atoms with E-state index in [2.05, 4.69) is 30.8 Å². The Morgan fingerprint density at radius 1 is 0.757 bits per heavy atom. The summed E-state index contributed by atoms with van der Waals surface area (Å²) in [5, 5.41) is 16.6. The summed E-state index contributed by atoms with van der Waals surface area (Å²) in [4.78, 5) is 0. The van der Waals surface area contributed by atoms with E-state index in [9.17, 15) is 5.11 Å². The SMILES string of the molecule is C=Cc1ccc2c(c1)=CC[C@@](O)(P(=O)(c1ccccc1)c1ccccc1)C=2c1cccc2ccccc12. The van der Waals surface area contributed by atoms with E-state index in [-0.39, 0.29) is 6.42 Å². The van der Waals surface area contributed by atoms with Gasteiger partial charge < -0.3 is 9.67 Å². The second-order valence-corrected chi connectivity index (χ2v) is 12.4. The van der Waals surface area contributed by atoms with E-state index < -0.39 is 12.5 Å². The maximum Gasteiger partial charge on any atom is 0.177 e. The van der Waals surface area contributed by atoms with Crippen molar-refractivity contribution in [1.29, 1.82) is 0 Å². The van der Waals surface area contributed by atoms with Gasteiger partial charge >= 0.3 is 0 Å². The van der Waals surface area contributed by atoms with E-state index in [0.29, 0.717) is 16.2 Å². The maximum atomic E-state index is 15.6. The molecule has 1 aliphatic carbocycles. The molecular weight excluding hydrogens is 471 g/mol. The van der Waals surface area contributed by atoms with Gasteiger partial charge in [-0.3, -0.25) is 0 Å². The molecule has 180 valence electrons. The van der Waals surface area contributed by atoms with E-state index in [1.807, 2.05) is 109 Å². The van der Waals surface area contributed by atoms with Crippen LogP contribution in [0.4, 0.5) is 0 Å². The first kappa shape index (κ1) is 23.4. The Bertz CT molecular complexity index is 1760. The molecule has 1 N–H and O–H groups in total. The second-order valence-electron chi connectivity index (χ2n) is 9.46. The van der Waals surface area contributed by atoms with E-state index in [4.69, 9.17) is 0 Å². The van der Waals surface area contributed by atoms with Gasteiger partial charge in [-0.15, -0.1) is 0 Å². The monoisotopic (exact) mass is 498 g/mol. The molecule has 6 rings (SSSR count). The normalized spacial score (nSPS) is 17.2. The van der Waals surface area contributed by atoms with Crippen molar-refractivity contribution in [2.75, 3.05) is 0 Å². The smallest absolute Gasteiger partial charge is 0.177 e. The summed E-state index contributed by atoms with van der Waals surface area (Å²) in [6.45, 7) is 3.93. The lowest BCUT2D eigenvalue weighted by Crippen LogP contribution is -2.47. The Morgan fingerprint density at radius 2 is 1.38 bits per heavy atom. The highest BCUT2D eigenvalue weighted by Gasteiger charge is 2.52.